The van der Waals surface area contributed by atoms with Gasteiger partial charge in [-0.1, -0.05) is 29.8 Å². The molecule has 1 unspecified atom stereocenters. The molecule has 1 fully saturated rings. The summed E-state index contributed by atoms with van der Waals surface area (Å²) in [5.74, 6) is 0.0736. The first kappa shape index (κ1) is 18.1. The molecule has 0 radical (unpaired) electrons. The second kappa shape index (κ2) is 8.17. The van der Waals surface area contributed by atoms with Gasteiger partial charge in [-0.25, -0.2) is 4.98 Å². The molecule has 7 heteroatoms. The van der Waals surface area contributed by atoms with Crippen LogP contribution < -0.4 is 5.32 Å². The molecule has 2 aromatic heterocycles. The van der Waals surface area contributed by atoms with E-state index in [9.17, 15) is 4.79 Å². The van der Waals surface area contributed by atoms with Gasteiger partial charge in [0.1, 0.15) is 5.01 Å². The first-order valence-corrected chi connectivity index (χ1v) is 10.1. The first-order chi connectivity index (χ1) is 13.2. The molecule has 27 heavy (non-hydrogen) atoms. The second-order valence-electron chi connectivity index (χ2n) is 6.39. The first-order valence-electron chi connectivity index (χ1n) is 8.82. The summed E-state index contributed by atoms with van der Waals surface area (Å²) in [4.78, 5) is 23.7. The standard InChI is InChI=1S/C20H19ClN4OS/c21-17-6-2-1-5-16(17)18-12-23-8-9-25(18)19(26)10-15-13-27-20(24-15)14-4-3-7-22-11-14/h1-7,11,13,18,23H,8-10,12H2. The molecule has 1 N–H and O–H groups in total. The van der Waals surface area contributed by atoms with Crippen molar-refractivity contribution >= 4 is 28.8 Å². The monoisotopic (exact) mass is 398 g/mol. The molecule has 5 nitrogen and oxygen atoms in total. The van der Waals surface area contributed by atoms with Crippen molar-refractivity contribution in [2.24, 2.45) is 0 Å². The summed E-state index contributed by atoms with van der Waals surface area (Å²) in [5.41, 5.74) is 2.74. The number of hydrogen-bond acceptors (Lipinski definition) is 5. The minimum atomic E-state index is -0.0589. The third-order valence-electron chi connectivity index (χ3n) is 4.62. The topological polar surface area (TPSA) is 58.1 Å². The van der Waals surface area contributed by atoms with Crippen LogP contribution in [-0.4, -0.2) is 40.4 Å². The number of aromatic nitrogens is 2. The third-order valence-corrected chi connectivity index (χ3v) is 5.90. The predicted molar refractivity (Wildman–Crippen MR) is 108 cm³/mol. The van der Waals surface area contributed by atoms with E-state index >= 15 is 0 Å². The van der Waals surface area contributed by atoms with Crippen LogP contribution in [-0.2, 0) is 11.2 Å². The molecule has 1 saturated heterocycles. The SMILES string of the molecule is O=C(Cc1csc(-c2cccnc2)n1)N1CCNCC1c1ccccc1Cl. The molecule has 3 heterocycles. The van der Waals surface area contributed by atoms with Gasteiger partial charge in [0, 0.05) is 48.0 Å². The molecule has 4 rings (SSSR count). The maximum Gasteiger partial charge on any atom is 0.229 e. The molecule has 138 valence electrons. The molecule has 3 aromatic rings. The average Bonchev–Trinajstić information content (AvgIpc) is 3.17. The van der Waals surface area contributed by atoms with Crippen molar-refractivity contribution in [1.82, 2.24) is 20.2 Å². The fraction of sp³-hybridized carbons (Fsp3) is 0.250. The lowest BCUT2D eigenvalue weighted by atomic mass is 10.0. The summed E-state index contributed by atoms with van der Waals surface area (Å²) < 4.78 is 0. The smallest absolute Gasteiger partial charge is 0.229 e. The lowest BCUT2D eigenvalue weighted by molar-refractivity contribution is -0.133. The van der Waals surface area contributed by atoms with E-state index in [0.29, 0.717) is 18.1 Å². The van der Waals surface area contributed by atoms with Gasteiger partial charge in [-0.2, -0.15) is 0 Å². The molecule has 1 aliphatic rings. The van der Waals surface area contributed by atoms with E-state index in [0.717, 1.165) is 28.4 Å². The largest absolute Gasteiger partial charge is 0.333 e. The van der Waals surface area contributed by atoms with E-state index in [1.54, 1.807) is 12.4 Å². The van der Waals surface area contributed by atoms with E-state index in [2.05, 4.69) is 15.3 Å². The maximum absolute atomic E-state index is 13.0. The van der Waals surface area contributed by atoms with Crippen LogP contribution in [0.1, 0.15) is 17.3 Å². The highest BCUT2D eigenvalue weighted by molar-refractivity contribution is 7.13. The van der Waals surface area contributed by atoms with E-state index < -0.39 is 0 Å². The van der Waals surface area contributed by atoms with Gasteiger partial charge in [-0.15, -0.1) is 11.3 Å². The summed E-state index contributed by atoms with van der Waals surface area (Å²) in [6.45, 7) is 2.15. The highest BCUT2D eigenvalue weighted by Gasteiger charge is 2.29. The van der Waals surface area contributed by atoms with Crippen molar-refractivity contribution in [3.63, 3.8) is 0 Å². The van der Waals surface area contributed by atoms with Crippen LogP contribution >= 0.6 is 22.9 Å². The van der Waals surface area contributed by atoms with Crippen molar-refractivity contribution in [3.05, 3.63) is 70.5 Å². The molecule has 0 aliphatic carbocycles. The Morgan fingerprint density at radius 1 is 1.30 bits per heavy atom. The zero-order chi connectivity index (χ0) is 18.6. The van der Waals surface area contributed by atoms with Crippen molar-refractivity contribution < 1.29 is 4.79 Å². The Morgan fingerprint density at radius 2 is 2.19 bits per heavy atom. The van der Waals surface area contributed by atoms with E-state index in [1.165, 1.54) is 11.3 Å². The second-order valence-corrected chi connectivity index (χ2v) is 7.66. The molecular weight excluding hydrogens is 380 g/mol. The lowest BCUT2D eigenvalue weighted by Gasteiger charge is -2.37. The number of rotatable bonds is 4. The van der Waals surface area contributed by atoms with Gasteiger partial charge >= 0.3 is 0 Å². The average molecular weight is 399 g/mol. The maximum atomic E-state index is 13.0. The number of benzene rings is 1. The molecule has 1 aromatic carbocycles. The molecular formula is C20H19ClN4OS. The van der Waals surface area contributed by atoms with E-state index in [-0.39, 0.29) is 18.4 Å². The van der Waals surface area contributed by atoms with Gasteiger partial charge < -0.3 is 10.2 Å². The number of amides is 1. The highest BCUT2D eigenvalue weighted by Crippen LogP contribution is 2.29. The van der Waals surface area contributed by atoms with Crippen molar-refractivity contribution in [2.45, 2.75) is 12.5 Å². The Hall–Kier alpha value is -2.28. The Labute approximate surface area is 167 Å². The number of hydrogen-bond donors (Lipinski definition) is 1. The number of carbonyl (C=O) groups is 1. The zero-order valence-corrected chi connectivity index (χ0v) is 16.2. The van der Waals surface area contributed by atoms with Crippen LogP contribution in [0.5, 0.6) is 0 Å². The normalized spacial score (nSPS) is 17.1. The van der Waals surface area contributed by atoms with Gasteiger partial charge in [0.15, 0.2) is 0 Å². The fourth-order valence-electron chi connectivity index (χ4n) is 3.29. The number of carbonyl (C=O) groups excluding carboxylic acids is 1. The Bertz CT molecular complexity index is 930. The fourth-order valence-corrected chi connectivity index (χ4v) is 4.36. The minimum Gasteiger partial charge on any atom is -0.333 e. The van der Waals surface area contributed by atoms with Crippen LogP contribution in [0.2, 0.25) is 5.02 Å². The Balaban J connectivity index is 1.51. The number of halogens is 1. The van der Waals surface area contributed by atoms with Crippen molar-refractivity contribution in [1.29, 1.82) is 0 Å². The van der Waals surface area contributed by atoms with Crippen molar-refractivity contribution in [2.75, 3.05) is 19.6 Å². The van der Waals surface area contributed by atoms with Crippen LogP contribution in [0.4, 0.5) is 0 Å². The van der Waals surface area contributed by atoms with Crippen LogP contribution in [0, 0.1) is 0 Å². The van der Waals surface area contributed by atoms with Crippen LogP contribution in [0.25, 0.3) is 10.6 Å². The van der Waals surface area contributed by atoms with Gasteiger partial charge in [0.2, 0.25) is 5.91 Å². The van der Waals surface area contributed by atoms with Crippen LogP contribution in [0.15, 0.2) is 54.2 Å². The molecule has 0 bridgehead atoms. The summed E-state index contributed by atoms with van der Waals surface area (Å²) in [6.07, 6.45) is 3.81. The molecule has 1 aliphatic heterocycles. The number of thiazole rings is 1. The Morgan fingerprint density at radius 3 is 3.00 bits per heavy atom. The third kappa shape index (κ3) is 4.03. The number of piperazine rings is 1. The number of nitrogens with zero attached hydrogens (tertiary/aromatic N) is 3. The quantitative estimate of drug-likeness (QED) is 0.729. The predicted octanol–water partition coefficient (Wildman–Crippen LogP) is 3.57. The molecule has 1 amide bonds. The lowest BCUT2D eigenvalue weighted by Crippen LogP contribution is -2.49. The highest BCUT2D eigenvalue weighted by atomic mass is 35.5. The van der Waals surface area contributed by atoms with Crippen LogP contribution in [0.3, 0.4) is 0 Å². The van der Waals surface area contributed by atoms with Crippen molar-refractivity contribution in [3.8, 4) is 10.6 Å². The molecule has 0 spiro atoms. The van der Waals surface area contributed by atoms with Gasteiger partial charge in [-0.3, -0.25) is 9.78 Å². The summed E-state index contributed by atoms with van der Waals surface area (Å²) in [6, 6.07) is 11.5. The minimum absolute atomic E-state index is 0.0589. The number of pyridine rings is 1. The zero-order valence-electron chi connectivity index (χ0n) is 14.6. The molecule has 0 saturated carbocycles. The Kier molecular flexibility index (Phi) is 5.48. The molecule has 1 atom stereocenters. The van der Waals surface area contributed by atoms with E-state index in [4.69, 9.17) is 11.6 Å². The summed E-state index contributed by atoms with van der Waals surface area (Å²) >= 11 is 7.91. The summed E-state index contributed by atoms with van der Waals surface area (Å²) in [7, 11) is 0. The summed E-state index contributed by atoms with van der Waals surface area (Å²) in [5, 5.41) is 6.89. The van der Waals surface area contributed by atoms with Gasteiger partial charge in [0.25, 0.3) is 0 Å². The van der Waals surface area contributed by atoms with Gasteiger partial charge in [-0.05, 0) is 23.8 Å². The van der Waals surface area contributed by atoms with E-state index in [1.807, 2.05) is 46.7 Å². The van der Waals surface area contributed by atoms with Gasteiger partial charge in [0.05, 0.1) is 18.2 Å². The number of nitrogens with one attached hydrogen (secondary N) is 1.